The number of aliphatic hydroxyl groups excluding tert-OH is 1. The number of phenolic OH excluding ortho intramolecular Hbond substituents is 1. The molecule has 0 aliphatic carbocycles. The van der Waals surface area contributed by atoms with E-state index in [4.69, 9.17) is 9.84 Å². The molecule has 2 N–H and O–H groups in total. The van der Waals surface area contributed by atoms with Gasteiger partial charge in [0.2, 0.25) is 0 Å². The molecule has 0 aliphatic heterocycles. The van der Waals surface area contributed by atoms with Crippen molar-refractivity contribution in [2.24, 2.45) is 0 Å². The third kappa shape index (κ3) is 5.17. The van der Waals surface area contributed by atoms with E-state index in [-0.39, 0.29) is 35.5 Å². The molecule has 7 heteroatoms. The fraction of sp³-hybridized carbons (Fsp3) is 0.500. The van der Waals surface area contributed by atoms with Crippen LogP contribution in [0.2, 0.25) is 0 Å². The molecule has 1 aromatic carbocycles. The molecule has 1 amide bonds. The Labute approximate surface area is 131 Å². The van der Waals surface area contributed by atoms with Gasteiger partial charge < -0.3 is 19.8 Å². The van der Waals surface area contributed by atoms with Crippen LogP contribution in [0.1, 0.15) is 26.3 Å². The maximum absolute atomic E-state index is 14.0. The van der Waals surface area contributed by atoms with Crippen LogP contribution in [0.15, 0.2) is 16.6 Å². The van der Waals surface area contributed by atoms with E-state index in [0.717, 1.165) is 4.90 Å². The summed E-state index contributed by atoms with van der Waals surface area (Å²) in [6, 6.07) is 2.70. The molecule has 0 fully saturated rings. The first-order valence-corrected chi connectivity index (χ1v) is 7.19. The summed E-state index contributed by atoms with van der Waals surface area (Å²) in [5, 5.41) is 18.8. The molecular weight excluding hydrogens is 345 g/mol. The number of phenols is 1. The van der Waals surface area contributed by atoms with Gasteiger partial charge in [-0.1, -0.05) is 0 Å². The third-order valence-corrected chi connectivity index (χ3v) is 3.15. The molecule has 0 atom stereocenters. The maximum atomic E-state index is 14.0. The lowest BCUT2D eigenvalue weighted by atomic mass is 10.1. The molecule has 0 spiro atoms. The highest BCUT2D eigenvalue weighted by atomic mass is 79.9. The average molecular weight is 364 g/mol. The van der Waals surface area contributed by atoms with E-state index in [2.05, 4.69) is 15.9 Å². The van der Waals surface area contributed by atoms with E-state index < -0.39 is 17.5 Å². The second-order valence-electron chi connectivity index (χ2n) is 5.48. The fourth-order valence-corrected chi connectivity index (χ4v) is 1.98. The summed E-state index contributed by atoms with van der Waals surface area (Å²) in [6.07, 6.45) is -0.685. The predicted octanol–water partition coefficient (Wildman–Crippen LogP) is 3.02. The minimum Gasteiger partial charge on any atom is -0.507 e. The molecule has 0 saturated carbocycles. The van der Waals surface area contributed by atoms with Gasteiger partial charge in [-0.2, -0.15) is 0 Å². The summed E-state index contributed by atoms with van der Waals surface area (Å²) in [5.74, 6) is -0.913. The van der Waals surface area contributed by atoms with Crippen molar-refractivity contribution in [3.8, 4) is 5.75 Å². The first-order valence-electron chi connectivity index (χ1n) is 6.40. The summed E-state index contributed by atoms with van der Waals surface area (Å²) in [5.41, 5.74) is -0.744. The SMILES string of the molecule is CC(C)(C)OC(=O)N(CCO)Cc1c(O)ccc(Br)c1F. The topological polar surface area (TPSA) is 70.0 Å². The van der Waals surface area contributed by atoms with Crippen LogP contribution in [0.3, 0.4) is 0 Å². The number of hydrogen-bond donors (Lipinski definition) is 2. The Bertz CT molecular complexity index is 516. The van der Waals surface area contributed by atoms with Crippen LogP contribution >= 0.6 is 15.9 Å². The molecule has 118 valence electrons. The molecule has 21 heavy (non-hydrogen) atoms. The van der Waals surface area contributed by atoms with Crippen molar-refractivity contribution in [2.45, 2.75) is 32.9 Å². The van der Waals surface area contributed by atoms with Crippen molar-refractivity contribution in [2.75, 3.05) is 13.2 Å². The lowest BCUT2D eigenvalue weighted by Gasteiger charge is -2.27. The van der Waals surface area contributed by atoms with Crippen LogP contribution in [-0.2, 0) is 11.3 Å². The summed E-state index contributed by atoms with van der Waals surface area (Å²) in [4.78, 5) is 13.2. The van der Waals surface area contributed by atoms with E-state index in [1.165, 1.54) is 12.1 Å². The van der Waals surface area contributed by atoms with Gasteiger partial charge in [0.25, 0.3) is 0 Å². The zero-order chi connectivity index (χ0) is 16.2. The van der Waals surface area contributed by atoms with Gasteiger partial charge in [-0.25, -0.2) is 9.18 Å². The summed E-state index contributed by atoms with van der Waals surface area (Å²) in [7, 11) is 0. The lowest BCUT2D eigenvalue weighted by Crippen LogP contribution is -2.38. The van der Waals surface area contributed by atoms with Crippen molar-refractivity contribution in [1.29, 1.82) is 0 Å². The minimum absolute atomic E-state index is 0.0275. The number of rotatable bonds is 4. The Morgan fingerprint density at radius 3 is 2.57 bits per heavy atom. The van der Waals surface area contributed by atoms with E-state index in [0.29, 0.717) is 0 Å². The number of ether oxygens (including phenoxy) is 1. The van der Waals surface area contributed by atoms with Gasteiger partial charge in [-0.3, -0.25) is 0 Å². The number of hydrogen-bond acceptors (Lipinski definition) is 4. The summed E-state index contributed by atoms with van der Waals surface area (Å²) in [6.45, 7) is 4.60. The molecule has 5 nitrogen and oxygen atoms in total. The van der Waals surface area contributed by atoms with Crippen LogP contribution in [0.4, 0.5) is 9.18 Å². The Morgan fingerprint density at radius 2 is 2.05 bits per heavy atom. The van der Waals surface area contributed by atoms with Gasteiger partial charge in [0.15, 0.2) is 0 Å². The maximum Gasteiger partial charge on any atom is 0.410 e. The predicted molar refractivity (Wildman–Crippen MR) is 79.5 cm³/mol. The van der Waals surface area contributed by atoms with Crippen LogP contribution in [0.25, 0.3) is 0 Å². The number of nitrogens with zero attached hydrogens (tertiary/aromatic N) is 1. The molecule has 0 aromatic heterocycles. The van der Waals surface area contributed by atoms with Gasteiger partial charge in [0, 0.05) is 6.54 Å². The Hall–Kier alpha value is -1.34. The molecule has 0 radical (unpaired) electrons. The average Bonchev–Trinajstić information content (AvgIpc) is 2.36. The lowest BCUT2D eigenvalue weighted by molar-refractivity contribution is 0.0199. The van der Waals surface area contributed by atoms with Crippen molar-refractivity contribution in [1.82, 2.24) is 4.90 Å². The van der Waals surface area contributed by atoms with Crippen molar-refractivity contribution < 1.29 is 24.1 Å². The van der Waals surface area contributed by atoms with Crippen molar-refractivity contribution in [3.63, 3.8) is 0 Å². The van der Waals surface area contributed by atoms with Gasteiger partial charge in [0.05, 0.1) is 23.2 Å². The highest BCUT2D eigenvalue weighted by molar-refractivity contribution is 9.10. The van der Waals surface area contributed by atoms with E-state index in [1.807, 2.05) is 0 Å². The van der Waals surface area contributed by atoms with Gasteiger partial charge in [0.1, 0.15) is 17.2 Å². The monoisotopic (exact) mass is 363 g/mol. The van der Waals surface area contributed by atoms with Crippen LogP contribution in [0.5, 0.6) is 5.75 Å². The van der Waals surface area contributed by atoms with Crippen molar-refractivity contribution >= 4 is 22.0 Å². The number of halogens is 2. The number of benzene rings is 1. The molecule has 0 bridgehead atoms. The van der Waals surface area contributed by atoms with Gasteiger partial charge >= 0.3 is 6.09 Å². The summed E-state index contributed by atoms with van der Waals surface area (Å²) < 4.78 is 19.4. The quantitative estimate of drug-likeness (QED) is 0.862. The number of carbonyl (C=O) groups is 1. The van der Waals surface area contributed by atoms with E-state index in [9.17, 15) is 14.3 Å². The number of carbonyl (C=O) groups excluding carboxylic acids is 1. The van der Waals surface area contributed by atoms with Gasteiger partial charge in [-0.05, 0) is 48.8 Å². The Kier molecular flexibility index (Phi) is 5.98. The number of amides is 1. The van der Waals surface area contributed by atoms with E-state index in [1.54, 1.807) is 20.8 Å². The fourth-order valence-electron chi connectivity index (χ4n) is 1.61. The molecule has 0 aliphatic rings. The molecular formula is C14H19BrFNO4. The standard InChI is InChI=1S/C14H19BrFNO4/c1-14(2,3)21-13(20)17(6-7-18)8-9-11(19)5-4-10(15)12(9)16/h4-5,18-19H,6-8H2,1-3H3. The molecule has 0 heterocycles. The number of aliphatic hydroxyl groups is 1. The van der Waals surface area contributed by atoms with E-state index >= 15 is 0 Å². The van der Waals surface area contributed by atoms with Crippen LogP contribution < -0.4 is 0 Å². The second kappa shape index (κ2) is 7.09. The smallest absolute Gasteiger partial charge is 0.410 e. The molecule has 0 unspecified atom stereocenters. The normalized spacial score (nSPS) is 11.3. The molecule has 1 rings (SSSR count). The van der Waals surface area contributed by atoms with Crippen LogP contribution in [-0.4, -0.2) is 40.0 Å². The number of aromatic hydroxyl groups is 1. The summed E-state index contributed by atoms with van der Waals surface area (Å²) >= 11 is 3.02. The highest BCUT2D eigenvalue weighted by Gasteiger charge is 2.24. The Balaban J connectivity index is 2.99. The zero-order valence-electron chi connectivity index (χ0n) is 12.2. The van der Waals surface area contributed by atoms with Crippen LogP contribution in [0, 0.1) is 5.82 Å². The molecule has 0 saturated heterocycles. The Morgan fingerprint density at radius 1 is 1.43 bits per heavy atom. The largest absolute Gasteiger partial charge is 0.507 e. The zero-order valence-corrected chi connectivity index (χ0v) is 13.8. The first kappa shape index (κ1) is 17.7. The third-order valence-electron chi connectivity index (χ3n) is 2.54. The molecule has 1 aromatic rings. The van der Waals surface area contributed by atoms with Gasteiger partial charge in [-0.15, -0.1) is 0 Å². The minimum atomic E-state index is -0.706. The van der Waals surface area contributed by atoms with Crippen molar-refractivity contribution in [3.05, 3.63) is 28.0 Å². The second-order valence-corrected chi connectivity index (χ2v) is 6.34. The highest BCUT2D eigenvalue weighted by Crippen LogP contribution is 2.28. The first-order chi connectivity index (χ1) is 9.65.